The van der Waals surface area contributed by atoms with Crippen LogP contribution in [0.2, 0.25) is 0 Å². The lowest BCUT2D eigenvalue weighted by atomic mass is 9.99. The first kappa shape index (κ1) is 24.3. The molecule has 3 aromatic carbocycles. The molecule has 0 bridgehead atoms. The number of sulfonamides is 1. The molecular weight excluding hydrogens is 460 g/mol. The van der Waals surface area contributed by atoms with Crippen LogP contribution < -0.4 is 9.62 Å². The maximum atomic E-state index is 13.3. The highest BCUT2D eigenvalue weighted by Gasteiger charge is 2.27. The highest BCUT2D eigenvalue weighted by molar-refractivity contribution is 7.92. The lowest BCUT2D eigenvalue weighted by Crippen LogP contribution is -2.49. The van der Waals surface area contributed by atoms with E-state index >= 15 is 0 Å². The highest BCUT2D eigenvalue weighted by atomic mass is 32.2. The molecule has 8 heteroatoms. The van der Waals surface area contributed by atoms with Crippen molar-refractivity contribution < 1.29 is 13.2 Å². The summed E-state index contributed by atoms with van der Waals surface area (Å²) in [6, 6.07) is 18.9. The Morgan fingerprint density at radius 2 is 1.63 bits per heavy atom. The molecule has 180 valence electrons. The van der Waals surface area contributed by atoms with Gasteiger partial charge in [0.25, 0.3) is 10.0 Å². The molecule has 0 radical (unpaired) electrons. The van der Waals surface area contributed by atoms with Crippen LogP contribution in [-0.4, -0.2) is 32.4 Å². The van der Waals surface area contributed by atoms with E-state index in [1.807, 2.05) is 11.0 Å². The van der Waals surface area contributed by atoms with E-state index in [9.17, 15) is 18.5 Å². The molecule has 0 saturated carbocycles. The minimum Gasteiger partial charge on any atom is -0.320 e. The van der Waals surface area contributed by atoms with Gasteiger partial charge in [0.2, 0.25) is 0 Å². The fourth-order valence-corrected chi connectivity index (χ4v) is 5.75. The molecule has 0 aliphatic carbocycles. The van der Waals surface area contributed by atoms with Crippen molar-refractivity contribution in [3.63, 3.8) is 0 Å². The van der Waals surface area contributed by atoms with Gasteiger partial charge in [0.1, 0.15) is 11.0 Å². The molecule has 1 aliphatic rings. The van der Waals surface area contributed by atoms with E-state index in [-0.39, 0.29) is 16.5 Å². The van der Waals surface area contributed by atoms with E-state index in [2.05, 4.69) is 37.6 Å². The van der Waals surface area contributed by atoms with E-state index in [1.165, 1.54) is 34.4 Å². The predicted octanol–water partition coefficient (Wildman–Crippen LogP) is 5.12. The molecule has 2 amide bonds. The van der Waals surface area contributed by atoms with Gasteiger partial charge in [-0.2, -0.15) is 5.26 Å². The summed E-state index contributed by atoms with van der Waals surface area (Å²) in [5.41, 5.74) is 5.89. The second kappa shape index (κ2) is 9.80. The van der Waals surface area contributed by atoms with Crippen molar-refractivity contribution in [1.82, 2.24) is 4.90 Å². The van der Waals surface area contributed by atoms with Gasteiger partial charge in [-0.1, -0.05) is 29.8 Å². The summed E-state index contributed by atoms with van der Waals surface area (Å²) < 4.78 is 28.1. The van der Waals surface area contributed by atoms with Crippen LogP contribution in [0.3, 0.4) is 0 Å². The first-order valence-corrected chi connectivity index (χ1v) is 12.9. The molecule has 0 spiro atoms. The number of nitrogens with zero attached hydrogens (tertiary/aromatic N) is 3. The molecule has 1 fully saturated rings. The van der Waals surface area contributed by atoms with Gasteiger partial charge in [0, 0.05) is 31.0 Å². The van der Waals surface area contributed by atoms with Crippen LogP contribution in [0.25, 0.3) is 0 Å². The van der Waals surface area contributed by atoms with Crippen molar-refractivity contribution in [1.29, 1.82) is 5.26 Å². The van der Waals surface area contributed by atoms with Crippen molar-refractivity contribution in [2.24, 2.45) is 0 Å². The number of nitrogens with one attached hydrogen (secondary N) is 1. The third-order valence-corrected chi connectivity index (χ3v) is 7.67. The summed E-state index contributed by atoms with van der Waals surface area (Å²) in [5.74, 6) is 0. The van der Waals surface area contributed by atoms with Gasteiger partial charge < -0.3 is 4.90 Å². The Labute approximate surface area is 206 Å². The number of nitriles is 1. The largest absolute Gasteiger partial charge is 0.324 e. The van der Waals surface area contributed by atoms with Gasteiger partial charge in [-0.3, -0.25) is 9.62 Å². The van der Waals surface area contributed by atoms with Crippen molar-refractivity contribution in [3.8, 4) is 6.07 Å². The Morgan fingerprint density at radius 3 is 2.29 bits per heavy atom. The van der Waals surface area contributed by atoms with Crippen molar-refractivity contribution in [3.05, 3.63) is 88.5 Å². The first-order valence-electron chi connectivity index (χ1n) is 11.4. The average molecular weight is 489 g/mol. The van der Waals surface area contributed by atoms with Crippen LogP contribution in [0.4, 0.5) is 16.2 Å². The third-order valence-electron chi connectivity index (χ3n) is 6.23. The zero-order valence-corrected chi connectivity index (χ0v) is 20.9. The van der Waals surface area contributed by atoms with E-state index in [0.29, 0.717) is 31.0 Å². The first-order chi connectivity index (χ1) is 16.7. The molecular formula is C27H28N4O3S. The van der Waals surface area contributed by atoms with Crippen LogP contribution in [0.5, 0.6) is 0 Å². The highest BCUT2D eigenvalue weighted by Crippen LogP contribution is 2.26. The molecule has 0 aromatic heterocycles. The predicted molar refractivity (Wildman–Crippen MR) is 137 cm³/mol. The standard InChI is InChI=1S/C27H28N4O3S/c1-19-15-20(2)25(21(3)16-19)18-30-13-6-14-31(27(30)32)24-11-9-23(10-12-24)29-35(33,34)26-8-5-4-7-22(26)17-28/h4-5,7-12,15-16,29H,6,13-14,18H2,1-3H3. The molecule has 0 unspecified atom stereocenters. The van der Waals surface area contributed by atoms with Crippen molar-refractivity contribution in [2.75, 3.05) is 22.7 Å². The number of hydrogen-bond acceptors (Lipinski definition) is 4. The summed E-state index contributed by atoms with van der Waals surface area (Å²) in [6.45, 7) is 8.08. The molecule has 4 rings (SSSR count). The number of benzene rings is 3. The van der Waals surface area contributed by atoms with Crippen LogP contribution in [-0.2, 0) is 16.6 Å². The van der Waals surface area contributed by atoms with Crippen LogP contribution >= 0.6 is 0 Å². The molecule has 1 saturated heterocycles. The number of aryl methyl sites for hydroxylation is 3. The smallest absolute Gasteiger partial charge is 0.320 e. The number of anilines is 2. The maximum absolute atomic E-state index is 13.3. The lowest BCUT2D eigenvalue weighted by molar-refractivity contribution is 0.192. The monoisotopic (exact) mass is 488 g/mol. The Bertz CT molecular complexity index is 1390. The number of rotatable bonds is 6. The Kier molecular flexibility index (Phi) is 6.81. The van der Waals surface area contributed by atoms with Crippen LogP contribution in [0.1, 0.15) is 34.2 Å². The second-order valence-corrected chi connectivity index (χ2v) is 10.5. The second-order valence-electron chi connectivity index (χ2n) is 8.85. The van der Waals surface area contributed by atoms with Crippen molar-refractivity contribution >= 4 is 27.4 Å². The Balaban J connectivity index is 1.50. The van der Waals surface area contributed by atoms with E-state index in [0.717, 1.165) is 6.42 Å². The Morgan fingerprint density at radius 1 is 0.971 bits per heavy atom. The summed E-state index contributed by atoms with van der Waals surface area (Å²) in [5, 5.41) is 9.23. The van der Waals surface area contributed by atoms with Gasteiger partial charge in [0.05, 0.1) is 5.56 Å². The normalized spacial score (nSPS) is 14.1. The van der Waals surface area contributed by atoms with E-state index < -0.39 is 10.0 Å². The summed E-state index contributed by atoms with van der Waals surface area (Å²) in [7, 11) is -3.92. The average Bonchev–Trinajstić information content (AvgIpc) is 2.82. The van der Waals surface area contributed by atoms with Gasteiger partial charge >= 0.3 is 6.03 Å². The van der Waals surface area contributed by atoms with E-state index in [1.54, 1.807) is 41.3 Å². The molecule has 0 atom stereocenters. The SMILES string of the molecule is Cc1cc(C)c(CN2CCCN(c3ccc(NS(=O)(=O)c4ccccc4C#N)cc3)C2=O)c(C)c1. The minimum absolute atomic E-state index is 0.0631. The molecule has 1 N–H and O–H groups in total. The maximum Gasteiger partial charge on any atom is 0.324 e. The van der Waals surface area contributed by atoms with Gasteiger partial charge in [-0.25, -0.2) is 13.2 Å². The zero-order chi connectivity index (χ0) is 25.2. The van der Waals surface area contributed by atoms with Gasteiger partial charge in [-0.15, -0.1) is 0 Å². The fraction of sp³-hybridized carbons (Fsp3) is 0.259. The molecule has 1 aliphatic heterocycles. The minimum atomic E-state index is -3.92. The summed E-state index contributed by atoms with van der Waals surface area (Å²) in [4.78, 5) is 16.8. The van der Waals surface area contributed by atoms with Crippen molar-refractivity contribution in [2.45, 2.75) is 38.6 Å². The number of amides is 2. The fourth-order valence-electron chi connectivity index (χ4n) is 4.53. The van der Waals surface area contributed by atoms with Gasteiger partial charge in [0.15, 0.2) is 0 Å². The van der Waals surface area contributed by atoms with Crippen LogP contribution in [0.15, 0.2) is 65.6 Å². The number of hydrogen-bond donors (Lipinski definition) is 1. The van der Waals surface area contributed by atoms with E-state index in [4.69, 9.17) is 0 Å². The Hall–Kier alpha value is -3.83. The van der Waals surface area contributed by atoms with Crippen LogP contribution in [0, 0.1) is 32.1 Å². The third kappa shape index (κ3) is 5.15. The number of urea groups is 1. The molecule has 1 heterocycles. The van der Waals surface area contributed by atoms with Gasteiger partial charge in [-0.05, 0) is 80.3 Å². The molecule has 35 heavy (non-hydrogen) atoms. The summed E-state index contributed by atoms with van der Waals surface area (Å²) in [6.07, 6.45) is 0.842. The number of carbonyl (C=O) groups excluding carboxylic acids is 1. The topological polar surface area (TPSA) is 93.5 Å². The molecule has 3 aromatic rings. The molecule has 7 nitrogen and oxygen atoms in total. The lowest BCUT2D eigenvalue weighted by Gasteiger charge is -2.36. The zero-order valence-electron chi connectivity index (χ0n) is 20.1. The quantitative estimate of drug-likeness (QED) is 0.521. The number of carbonyl (C=O) groups is 1. The summed E-state index contributed by atoms with van der Waals surface area (Å²) >= 11 is 0.